The zero-order chi connectivity index (χ0) is 23.3. The fraction of sp³-hybridized carbons (Fsp3) is 0.182. The molecule has 6 N–H and O–H groups in total. The topological polar surface area (TPSA) is 147 Å². The summed E-state index contributed by atoms with van der Waals surface area (Å²) >= 11 is 0. The van der Waals surface area contributed by atoms with Crippen LogP contribution >= 0.6 is 0 Å². The van der Waals surface area contributed by atoms with Gasteiger partial charge < -0.3 is 30.8 Å². The maximum atomic E-state index is 12.7. The number of nitrogens with two attached hydrogens (primary N) is 1. The van der Waals surface area contributed by atoms with Crippen LogP contribution < -0.4 is 21.7 Å². The summed E-state index contributed by atoms with van der Waals surface area (Å²) in [5, 5.41) is 15.4. The van der Waals surface area contributed by atoms with Crippen molar-refractivity contribution < 1.29 is 14.4 Å². The standard InChI is InChI=1S/C22H25N7O3/c1-28-13-16(10-17(28)21(31)25-9-8-19(23)24)27-22(32)18-11-15(12-29(18)2)26-20(30)14-6-4-3-5-7-14/h3-7,10-13H,8-9H2,1-2H3,(H3,23,24)(H,25,31)(H,26,30)(H,27,32). The second-order valence-corrected chi connectivity index (χ2v) is 7.26. The smallest absolute Gasteiger partial charge is 0.272 e. The number of amides is 3. The number of hydrogen-bond donors (Lipinski definition) is 5. The molecule has 32 heavy (non-hydrogen) atoms. The van der Waals surface area contributed by atoms with Gasteiger partial charge in [0.2, 0.25) is 0 Å². The van der Waals surface area contributed by atoms with E-state index in [1.807, 2.05) is 6.07 Å². The Kier molecular flexibility index (Phi) is 6.74. The Bertz CT molecular complexity index is 1160. The van der Waals surface area contributed by atoms with Gasteiger partial charge in [-0.05, 0) is 24.3 Å². The number of aryl methyl sites for hydroxylation is 2. The lowest BCUT2D eigenvalue weighted by molar-refractivity contribution is 0.0945. The van der Waals surface area contributed by atoms with Gasteiger partial charge in [-0.15, -0.1) is 0 Å². The molecule has 0 saturated carbocycles. The number of anilines is 2. The maximum absolute atomic E-state index is 12.7. The van der Waals surface area contributed by atoms with Crippen LogP contribution in [-0.2, 0) is 14.1 Å². The van der Waals surface area contributed by atoms with Gasteiger partial charge in [0.05, 0.1) is 17.2 Å². The molecule has 0 spiro atoms. The molecule has 0 aliphatic rings. The zero-order valence-corrected chi connectivity index (χ0v) is 17.8. The summed E-state index contributed by atoms with van der Waals surface area (Å²) < 4.78 is 3.20. The van der Waals surface area contributed by atoms with E-state index >= 15 is 0 Å². The molecule has 0 radical (unpaired) electrons. The largest absolute Gasteiger partial charge is 0.388 e. The van der Waals surface area contributed by atoms with Crippen LogP contribution in [0.15, 0.2) is 54.9 Å². The summed E-state index contributed by atoms with van der Waals surface area (Å²) in [7, 11) is 3.39. The van der Waals surface area contributed by atoms with E-state index in [4.69, 9.17) is 11.1 Å². The molecule has 0 bridgehead atoms. The summed E-state index contributed by atoms with van der Waals surface area (Å²) in [5.41, 5.74) is 7.43. The van der Waals surface area contributed by atoms with E-state index in [2.05, 4.69) is 16.0 Å². The van der Waals surface area contributed by atoms with E-state index in [9.17, 15) is 14.4 Å². The zero-order valence-electron chi connectivity index (χ0n) is 17.8. The highest BCUT2D eigenvalue weighted by Crippen LogP contribution is 2.18. The molecule has 0 unspecified atom stereocenters. The number of amidine groups is 1. The lowest BCUT2D eigenvalue weighted by Gasteiger charge is -2.04. The van der Waals surface area contributed by atoms with Crippen LogP contribution in [0.5, 0.6) is 0 Å². The first-order chi connectivity index (χ1) is 15.2. The fourth-order valence-electron chi connectivity index (χ4n) is 3.11. The van der Waals surface area contributed by atoms with Gasteiger partial charge in [0, 0.05) is 45.0 Å². The molecule has 2 heterocycles. The Balaban J connectivity index is 1.65. The van der Waals surface area contributed by atoms with Crippen LogP contribution in [0.2, 0.25) is 0 Å². The van der Waals surface area contributed by atoms with Crippen LogP contribution in [0.3, 0.4) is 0 Å². The lowest BCUT2D eigenvalue weighted by Crippen LogP contribution is -2.28. The second-order valence-electron chi connectivity index (χ2n) is 7.26. The highest BCUT2D eigenvalue weighted by atomic mass is 16.2. The molecule has 1 aromatic carbocycles. The van der Waals surface area contributed by atoms with Gasteiger partial charge in [-0.2, -0.15) is 0 Å². The molecule has 10 heteroatoms. The minimum Gasteiger partial charge on any atom is -0.388 e. The van der Waals surface area contributed by atoms with Gasteiger partial charge in [-0.25, -0.2) is 0 Å². The SMILES string of the molecule is Cn1cc(NC(=O)c2cc(NC(=O)c3ccccc3)cn2C)cc1C(=O)NCCC(=N)N. The highest BCUT2D eigenvalue weighted by Gasteiger charge is 2.17. The molecular formula is C22H25N7O3. The average Bonchev–Trinajstić information content (AvgIpc) is 3.30. The summed E-state index contributed by atoms with van der Waals surface area (Å²) in [4.78, 5) is 37.4. The van der Waals surface area contributed by atoms with Crippen molar-refractivity contribution in [1.82, 2.24) is 14.5 Å². The third-order valence-electron chi connectivity index (χ3n) is 4.71. The van der Waals surface area contributed by atoms with Crippen LogP contribution in [0.1, 0.15) is 37.8 Å². The van der Waals surface area contributed by atoms with Gasteiger partial charge in [-0.1, -0.05) is 18.2 Å². The first kappa shape index (κ1) is 22.3. The third-order valence-corrected chi connectivity index (χ3v) is 4.71. The number of nitrogens with zero attached hydrogens (tertiary/aromatic N) is 2. The van der Waals surface area contributed by atoms with Crippen molar-refractivity contribution in [3.05, 3.63) is 71.8 Å². The van der Waals surface area contributed by atoms with Crippen molar-refractivity contribution in [3.8, 4) is 0 Å². The molecule has 0 atom stereocenters. The van der Waals surface area contributed by atoms with E-state index in [1.165, 1.54) is 0 Å². The van der Waals surface area contributed by atoms with Crippen LogP contribution in [-0.4, -0.2) is 39.2 Å². The molecule has 3 aromatic rings. The van der Waals surface area contributed by atoms with E-state index in [0.29, 0.717) is 28.3 Å². The molecular weight excluding hydrogens is 410 g/mol. The molecule has 166 valence electrons. The van der Waals surface area contributed by atoms with Crippen LogP contribution in [0.25, 0.3) is 0 Å². The van der Waals surface area contributed by atoms with Gasteiger partial charge in [0.15, 0.2) is 0 Å². The van der Waals surface area contributed by atoms with Gasteiger partial charge in [0.25, 0.3) is 17.7 Å². The average molecular weight is 435 g/mol. The maximum Gasteiger partial charge on any atom is 0.272 e. The quantitative estimate of drug-likeness (QED) is 0.272. The first-order valence-electron chi connectivity index (χ1n) is 9.86. The Morgan fingerprint density at radius 1 is 0.875 bits per heavy atom. The molecule has 3 rings (SSSR count). The summed E-state index contributed by atoms with van der Waals surface area (Å²) in [6.45, 7) is 0.252. The Morgan fingerprint density at radius 3 is 1.97 bits per heavy atom. The van der Waals surface area contributed by atoms with Gasteiger partial charge in [-0.3, -0.25) is 19.8 Å². The number of carbonyl (C=O) groups excluding carboxylic acids is 3. The number of carbonyl (C=O) groups is 3. The minimum atomic E-state index is -0.387. The van der Waals surface area contributed by atoms with E-state index in [-0.39, 0.29) is 36.5 Å². The van der Waals surface area contributed by atoms with E-state index in [0.717, 1.165) is 0 Å². The van der Waals surface area contributed by atoms with Gasteiger partial charge in [0.1, 0.15) is 11.4 Å². The van der Waals surface area contributed by atoms with E-state index < -0.39 is 0 Å². The molecule has 0 saturated heterocycles. The number of hydrogen-bond acceptors (Lipinski definition) is 4. The Labute approximate surface area is 184 Å². The second kappa shape index (κ2) is 9.65. The predicted molar refractivity (Wildman–Crippen MR) is 122 cm³/mol. The van der Waals surface area contributed by atoms with Crippen molar-refractivity contribution in [2.24, 2.45) is 19.8 Å². The summed E-state index contributed by atoms with van der Waals surface area (Å²) in [6, 6.07) is 11.9. The lowest BCUT2D eigenvalue weighted by atomic mass is 10.2. The van der Waals surface area contributed by atoms with Gasteiger partial charge >= 0.3 is 0 Å². The molecule has 3 amide bonds. The molecule has 0 fully saturated rings. The fourth-order valence-corrected chi connectivity index (χ4v) is 3.11. The number of rotatable bonds is 8. The van der Waals surface area contributed by atoms with Crippen molar-refractivity contribution >= 4 is 34.9 Å². The number of benzene rings is 1. The summed E-state index contributed by atoms with van der Waals surface area (Å²) in [6.07, 6.45) is 3.53. The van der Waals surface area contributed by atoms with Crippen molar-refractivity contribution in [1.29, 1.82) is 5.41 Å². The third kappa shape index (κ3) is 5.42. The Hall–Kier alpha value is -4.34. The van der Waals surface area contributed by atoms with Crippen molar-refractivity contribution in [2.45, 2.75) is 6.42 Å². The van der Waals surface area contributed by atoms with Crippen LogP contribution in [0, 0.1) is 5.41 Å². The number of aromatic nitrogens is 2. The normalized spacial score (nSPS) is 10.4. The summed E-state index contributed by atoms with van der Waals surface area (Å²) in [5.74, 6) is -1.00. The predicted octanol–water partition coefficient (Wildman–Crippen LogP) is 1.92. The monoisotopic (exact) mass is 435 g/mol. The van der Waals surface area contributed by atoms with Crippen molar-refractivity contribution in [3.63, 3.8) is 0 Å². The molecule has 10 nitrogen and oxygen atoms in total. The first-order valence-corrected chi connectivity index (χ1v) is 9.86. The van der Waals surface area contributed by atoms with Crippen LogP contribution in [0.4, 0.5) is 11.4 Å². The van der Waals surface area contributed by atoms with E-state index in [1.54, 1.807) is 72.0 Å². The molecule has 0 aliphatic carbocycles. The highest BCUT2D eigenvalue weighted by molar-refractivity contribution is 6.07. The Morgan fingerprint density at radius 2 is 1.41 bits per heavy atom. The number of nitrogens with one attached hydrogen (secondary N) is 4. The minimum absolute atomic E-state index is 0.00738. The van der Waals surface area contributed by atoms with Crippen molar-refractivity contribution in [2.75, 3.05) is 17.2 Å². The molecule has 0 aliphatic heterocycles. The molecule has 2 aromatic heterocycles.